The molecule has 0 saturated heterocycles. The first-order chi connectivity index (χ1) is 8.15. The number of benzene rings is 1. The van der Waals surface area contributed by atoms with Gasteiger partial charge in [0.15, 0.2) is 5.96 Å². The zero-order valence-electron chi connectivity index (χ0n) is 10.3. The summed E-state index contributed by atoms with van der Waals surface area (Å²) in [5.74, 6) is 0.782. The molecule has 0 saturated carbocycles. The van der Waals surface area contributed by atoms with Gasteiger partial charge >= 0.3 is 0 Å². The van der Waals surface area contributed by atoms with Crippen molar-refractivity contribution in [2.75, 3.05) is 13.1 Å². The molecule has 0 amide bonds. The number of aliphatic hydroxyl groups is 1. The highest BCUT2D eigenvalue weighted by Gasteiger charge is 2.14. The molecule has 0 radical (unpaired) electrons. The van der Waals surface area contributed by atoms with Crippen LogP contribution in [-0.4, -0.2) is 30.2 Å². The molecule has 0 spiro atoms. The topological polar surface area (TPSA) is 56.6 Å². The third-order valence-corrected chi connectivity index (χ3v) is 2.80. The maximum absolute atomic E-state index is 10.0. The number of aryl methyl sites for hydroxylation is 1. The van der Waals surface area contributed by atoms with Crippen LogP contribution in [0.4, 0.5) is 0 Å². The summed E-state index contributed by atoms with van der Waals surface area (Å²) in [5, 5.41) is 16.3. The molecule has 1 aliphatic heterocycles. The van der Waals surface area contributed by atoms with Gasteiger partial charge in [0.25, 0.3) is 0 Å². The fraction of sp³-hybridized carbons (Fsp3) is 0.462. The highest BCUT2D eigenvalue weighted by molar-refractivity contribution is 5.81. The summed E-state index contributed by atoms with van der Waals surface area (Å²) in [4.78, 5) is 4.28. The molecule has 17 heavy (non-hydrogen) atoms. The smallest absolute Gasteiger partial charge is 0.191 e. The molecule has 0 fully saturated rings. The molecule has 92 valence electrons. The highest BCUT2D eigenvalue weighted by atomic mass is 16.3. The number of aliphatic hydroxyl groups excluding tert-OH is 1. The van der Waals surface area contributed by atoms with Gasteiger partial charge in [0.05, 0.1) is 12.6 Å². The summed E-state index contributed by atoms with van der Waals surface area (Å²) in [6.45, 7) is 5.37. The monoisotopic (exact) mass is 233 g/mol. The zero-order valence-corrected chi connectivity index (χ0v) is 10.3. The van der Waals surface area contributed by atoms with E-state index in [4.69, 9.17) is 0 Å². The minimum absolute atomic E-state index is 0.383. The van der Waals surface area contributed by atoms with Crippen LogP contribution in [0, 0.1) is 6.92 Å². The van der Waals surface area contributed by atoms with Gasteiger partial charge in [-0.25, -0.2) is 0 Å². The normalized spacial score (nSPS) is 20.6. The molecule has 3 N–H and O–H groups in total. The number of guanidine groups is 1. The lowest BCUT2D eigenvalue weighted by molar-refractivity contribution is 0.181. The maximum Gasteiger partial charge on any atom is 0.191 e. The third-order valence-electron chi connectivity index (χ3n) is 2.80. The van der Waals surface area contributed by atoms with E-state index in [9.17, 15) is 5.11 Å². The summed E-state index contributed by atoms with van der Waals surface area (Å²) in [6, 6.07) is 8.30. The predicted octanol–water partition coefficient (Wildman–Crippen LogP) is 0.966. The summed E-state index contributed by atoms with van der Waals surface area (Å²) >= 11 is 0. The second kappa shape index (κ2) is 5.19. The molecule has 2 unspecified atom stereocenters. The minimum atomic E-state index is -0.504. The first kappa shape index (κ1) is 11.9. The largest absolute Gasteiger partial charge is 0.387 e. The molecule has 0 bridgehead atoms. The van der Waals surface area contributed by atoms with Crippen LogP contribution in [-0.2, 0) is 0 Å². The lowest BCUT2D eigenvalue weighted by Gasteiger charge is -2.14. The van der Waals surface area contributed by atoms with E-state index in [0.29, 0.717) is 12.6 Å². The van der Waals surface area contributed by atoms with E-state index in [1.807, 2.05) is 31.2 Å². The van der Waals surface area contributed by atoms with Crippen molar-refractivity contribution in [2.24, 2.45) is 4.99 Å². The Morgan fingerprint density at radius 2 is 2.41 bits per heavy atom. The lowest BCUT2D eigenvalue weighted by Crippen LogP contribution is -2.39. The van der Waals surface area contributed by atoms with Gasteiger partial charge in [0, 0.05) is 12.6 Å². The Balaban J connectivity index is 1.87. The zero-order chi connectivity index (χ0) is 12.3. The average molecular weight is 233 g/mol. The number of hydrogen-bond acceptors (Lipinski definition) is 4. The van der Waals surface area contributed by atoms with Crippen LogP contribution in [0.1, 0.15) is 24.2 Å². The maximum atomic E-state index is 10.0. The Bertz CT molecular complexity index is 417. The minimum Gasteiger partial charge on any atom is -0.387 e. The molecule has 2 rings (SSSR count). The van der Waals surface area contributed by atoms with Gasteiger partial charge in [0.1, 0.15) is 0 Å². The van der Waals surface area contributed by atoms with Crippen LogP contribution >= 0.6 is 0 Å². The number of hydrogen-bond donors (Lipinski definition) is 3. The molecule has 1 heterocycles. The summed E-state index contributed by atoms with van der Waals surface area (Å²) in [5.41, 5.74) is 2.09. The SMILES string of the molecule is Cc1cccc(C(O)CNC2=NCC(C)N2)c1. The van der Waals surface area contributed by atoms with Gasteiger partial charge in [-0.1, -0.05) is 29.8 Å². The first-order valence-corrected chi connectivity index (χ1v) is 5.94. The quantitative estimate of drug-likeness (QED) is 0.729. The van der Waals surface area contributed by atoms with Crippen molar-refractivity contribution in [1.29, 1.82) is 0 Å². The molecule has 4 heteroatoms. The summed E-state index contributed by atoms with van der Waals surface area (Å²) < 4.78 is 0. The van der Waals surface area contributed by atoms with Crippen molar-refractivity contribution in [3.05, 3.63) is 35.4 Å². The van der Waals surface area contributed by atoms with E-state index in [1.165, 1.54) is 0 Å². The number of aliphatic imine (C=N–C) groups is 1. The molecular formula is C13H19N3O. The van der Waals surface area contributed by atoms with Crippen molar-refractivity contribution >= 4 is 5.96 Å². The van der Waals surface area contributed by atoms with Crippen LogP contribution in [0.3, 0.4) is 0 Å². The van der Waals surface area contributed by atoms with Gasteiger partial charge in [-0.15, -0.1) is 0 Å². The molecule has 0 aliphatic carbocycles. The van der Waals surface area contributed by atoms with Crippen LogP contribution in [0.25, 0.3) is 0 Å². The van der Waals surface area contributed by atoms with Crippen molar-refractivity contribution < 1.29 is 5.11 Å². The van der Waals surface area contributed by atoms with Gasteiger partial charge in [-0.2, -0.15) is 0 Å². The van der Waals surface area contributed by atoms with Crippen LogP contribution in [0.15, 0.2) is 29.3 Å². The van der Waals surface area contributed by atoms with E-state index < -0.39 is 6.10 Å². The van der Waals surface area contributed by atoms with Crippen molar-refractivity contribution in [1.82, 2.24) is 10.6 Å². The van der Waals surface area contributed by atoms with E-state index in [2.05, 4.69) is 22.5 Å². The summed E-state index contributed by atoms with van der Waals surface area (Å²) in [6.07, 6.45) is -0.504. The Labute approximate surface area is 102 Å². The third kappa shape index (κ3) is 3.20. The van der Waals surface area contributed by atoms with E-state index in [1.54, 1.807) is 0 Å². The first-order valence-electron chi connectivity index (χ1n) is 5.94. The molecule has 0 aromatic heterocycles. The number of nitrogens with one attached hydrogen (secondary N) is 2. The van der Waals surface area contributed by atoms with E-state index in [-0.39, 0.29) is 0 Å². The molecule has 2 atom stereocenters. The molecule has 1 aromatic rings. The Hall–Kier alpha value is -1.55. The average Bonchev–Trinajstić information content (AvgIpc) is 2.72. The van der Waals surface area contributed by atoms with E-state index in [0.717, 1.165) is 23.6 Å². The second-order valence-electron chi connectivity index (χ2n) is 4.55. The fourth-order valence-corrected chi connectivity index (χ4v) is 1.85. The van der Waals surface area contributed by atoms with Gasteiger partial charge in [0.2, 0.25) is 0 Å². The van der Waals surface area contributed by atoms with Gasteiger partial charge in [-0.05, 0) is 19.4 Å². The standard InChI is InChI=1S/C13H19N3O/c1-9-4-3-5-11(6-9)12(17)8-15-13-14-7-10(2)16-13/h3-6,10,12,17H,7-8H2,1-2H3,(H2,14,15,16). The molecule has 4 nitrogen and oxygen atoms in total. The molecule has 1 aromatic carbocycles. The van der Waals surface area contributed by atoms with Crippen LogP contribution in [0.2, 0.25) is 0 Å². The second-order valence-corrected chi connectivity index (χ2v) is 4.55. The lowest BCUT2D eigenvalue weighted by atomic mass is 10.1. The van der Waals surface area contributed by atoms with Crippen molar-refractivity contribution in [3.63, 3.8) is 0 Å². The highest BCUT2D eigenvalue weighted by Crippen LogP contribution is 2.13. The Kier molecular flexibility index (Phi) is 3.64. The molecular weight excluding hydrogens is 214 g/mol. The van der Waals surface area contributed by atoms with Crippen LogP contribution in [0.5, 0.6) is 0 Å². The van der Waals surface area contributed by atoms with Gasteiger partial charge < -0.3 is 15.7 Å². The summed E-state index contributed by atoms with van der Waals surface area (Å²) in [7, 11) is 0. The predicted molar refractivity (Wildman–Crippen MR) is 69.0 cm³/mol. The van der Waals surface area contributed by atoms with Crippen molar-refractivity contribution in [3.8, 4) is 0 Å². The number of rotatable bonds is 3. The fourth-order valence-electron chi connectivity index (χ4n) is 1.85. The Morgan fingerprint density at radius 1 is 1.59 bits per heavy atom. The van der Waals surface area contributed by atoms with E-state index >= 15 is 0 Å². The Morgan fingerprint density at radius 3 is 3.06 bits per heavy atom. The number of nitrogens with zero attached hydrogens (tertiary/aromatic N) is 1. The van der Waals surface area contributed by atoms with Gasteiger partial charge in [-0.3, -0.25) is 4.99 Å². The molecule has 1 aliphatic rings. The van der Waals surface area contributed by atoms with Crippen LogP contribution < -0.4 is 10.6 Å². The van der Waals surface area contributed by atoms with Crippen molar-refractivity contribution in [2.45, 2.75) is 26.0 Å².